The number of aliphatic hydroxyl groups is 2. The molecule has 3 fully saturated rings. The lowest BCUT2D eigenvalue weighted by Gasteiger charge is -2.71. The van der Waals surface area contributed by atoms with E-state index in [0.29, 0.717) is 56.6 Å². The van der Waals surface area contributed by atoms with Gasteiger partial charge in [-0.1, -0.05) is 80.1 Å². The number of amides is 1. The van der Waals surface area contributed by atoms with E-state index < -0.39 is 39.9 Å². The van der Waals surface area contributed by atoms with E-state index >= 15 is 4.39 Å². The van der Waals surface area contributed by atoms with Crippen molar-refractivity contribution in [1.29, 1.82) is 0 Å². The molecule has 6 aliphatic rings. The fourth-order valence-electron chi connectivity index (χ4n) is 12.0. The molecule has 6 aliphatic carbocycles. The molecule has 286 valence electrons. The van der Waals surface area contributed by atoms with E-state index in [0.717, 1.165) is 30.0 Å². The Balaban J connectivity index is 1.15. The molecule has 2 N–H and O–H groups in total. The number of methoxy groups -OCH3 is 1. The molecule has 3 aromatic rings. The molecule has 0 radical (unpaired) electrons. The Morgan fingerprint density at radius 2 is 1.69 bits per heavy atom. The number of carbonyl (C=O) groups excluding carboxylic acids is 2. The fraction of sp³-hybridized carbons (Fsp3) is 0.511. The zero-order chi connectivity index (χ0) is 38.1. The van der Waals surface area contributed by atoms with Gasteiger partial charge in [0.05, 0.1) is 18.2 Å². The molecule has 1 amide bonds. The van der Waals surface area contributed by atoms with Crippen LogP contribution in [0.15, 0.2) is 84.5 Å². The summed E-state index contributed by atoms with van der Waals surface area (Å²) in [5.41, 5.74) is -2.53. The first kappa shape index (κ1) is 37.4. The first-order valence-corrected chi connectivity index (χ1v) is 19.9. The number of carbonyl (C=O) groups is 2. The fourth-order valence-corrected chi connectivity index (χ4v) is 12.2. The van der Waals surface area contributed by atoms with Gasteiger partial charge in [0.25, 0.3) is 0 Å². The minimum atomic E-state index is -1.28. The number of fused-ring (bicyclic) bond motifs is 2. The number of benzene rings is 3. The van der Waals surface area contributed by atoms with Gasteiger partial charge in [0.2, 0.25) is 0 Å². The van der Waals surface area contributed by atoms with Crippen molar-refractivity contribution in [2.24, 2.45) is 33.5 Å². The van der Waals surface area contributed by atoms with E-state index in [-0.39, 0.29) is 46.6 Å². The molecular formula is C45H51ClFNO6. The predicted octanol–water partition coefficient (Wildman–Crippen LogP) is 8.87. The molecule has 0 heterocycles. The Hall–Kier alpha value is -3.56. The number of allylic oxidation sites excluding steroid dienone is 4. The van der Waals surface area contributed by atoms with Crippen LogP contribution in [-0.2, 0) is 16.0 Å². The van der Waals surface area contributed by atoms with Gasteiger partial charge in [-0.15, -0.1) is 0 Å². The Labute approximate surface area is 322 Å². The maximum absolute atomic E-state index is 15.2. The highest BCUT2D eigenvalue weighted by Crippen LogP contribution is 2.78. The summed E-state index contributed by atoms with van der Waals surface area (Å²) in [4.78, 5) is 30.4. The molecule has 2 spiro atoms. The van der Waals surface area contributed by atoms with E-state index in [1.807, 2.05) is 36.4 Å². The molecule has 2 bridgehead atoms. The van der Waals surface area contributed by atoms with Crippen LogP contribution in [0.3, 0.4) is 0 Å². The van der Waals surface area contributed by atoms with Crippen LogP contribution >= 0.6 is 11.6 Å². The van der Waals surface area contributed by atoms with Gasteiger partial charge in [0.1, 0.15) is 11.6 Å². The van der Waals surface area contributed by atoms with E-state index in [1.165, 1.54) is 6.07 Å². The lowest BCUT2D eigenvalue weighted by atomic mass is 9.32. The summed E-state index contributed by atoms with van der Waals surface area (Å²) in [5, 5.41) is 26.2. The van der Waals surface area contributed by atoms with Crippen LogP contribution in [0.2, 0.25) is 5.02 Å². The number of ketones is 1. The monoisotopic (exact) mass is 755 g/mol. The number of rotatable bonds is 10. The van der Waals surface area contributed by atoms with E-state index in [9.17, 15) is 19.8 Å². The van der Waals surface area contributed by atoms with Crippen molar-refractivity contribution in [3.8, 4) is 5.75 Å². The number of halogens is 2. The highest BCUT2D eigenvalue weighted by molar-refractivity contribution is 6.31. The number of hydrogen-bond acceptors (Lipinski definition) is 6. The lowest BCUT2D eigenvalue weighted by molar-refractivity contribution is -0.178. The summed E-state index contributed by atoms with van der Waals surface area (Å²) in [6.45, 7) is 5.34. The van der Waals surface area contributed by atoms with Crippen molar-refractivity contribution in [1.82, 2.24) is 4.90 Å². The topological polar surface area (TPSA) is 96.3 Å². The minimum absolute atomic E-state index is 0.0752. The highest BCUT2D eigenvalue weighted by Gasteiger charge is 2.74. The molecular weight excluding hydrogens is 705 g/mol. The van der Waals surface area contributed by atoms with Crippen molar-refractivity contribution in [3.63, 3.8) is 0 Å². The first-order valence-electron chi connectivity index (χ1n) is 19.5. The Bertz CT molecular complexity index is 2030. The van der Waals surface area contributed by atoms with Crippen molar-refractivity contribution < 1.29 is 33.7 Å². The molecule has 3 saturated carbocycles. The molecule has 0 aliphatic heterocycles. The van der Waals surface area contributed by atoms with Crippen molar-refractivity contribution >= 4 is 34.2 Å². The van der Waals surface area contributed by atoms with Crippen LogP contribution in [-0.4, -0.2) is 65.5 Å². The number of Topliss-reactive ketones (excluding diaryl/α,β-unsaturated/α-hetero) is 1. The number of aliphatic hydroxyl groups excluding tert-OH is 1. The molecule has 7 nitrogen and oxygen atoms in total. The van der Waals surface area contributed by atoms with Gasteiger partial charge in [-0.3, -0.25) is 4.79 Å². The summed E-state index contributed by atoms with van der Waals surface area (Å²) in [7, 11) is 1.63. The number of ether oxygens (including phenoxy) is 2. The molecule has 0 saturated heterocycles. The lowest BCUT2D eigenvalue weighted by Crippen LogP contribution is -2.67. The minimum Gasteiger partial charge on any atom is -0.410 e. The molecule has 9 heteroatoms. The van der Waals surface area contributed by atoms with Gasteiger partial charge >= 0.3 is 6.09 Å². The van der Waals surface area contributed by atoms with E-state index in [2.05, 4.69) is 32.1 Å². The summed E-state index contributed by atoms with van der Waals surface area (Å²) in [6, 6.07) is 18.0. The van der Waals surface area contributed by atoms with Crippen molar-refractivity contribution in [2.75, 3.05) is 26.8 Å². The van der Waals surface area contributed by atoms with Crippen LogP contribution in [0, 0.1) is 39.3 Å². The second-order valence-electron chi connectivity index (χ2n) is 17.3. The number of hydrogen-bond donors (Lipinski definition) is 2. The van der Waals surface area contributed by atoms with Gasteiger partial charge in [0, 0.05) is 59.1 Å². The largest absolute Gasteiger partial charge is 0.415 e. The van der Waals surface area contributed by atoms with Crippen molar-refractivity contribution in [2.45, 2.75) is 83.3 Å². The smallest absolute Gasteiger partial charge is 0.410 e. The van der Waals surface area contributed by atoms with Gasteiger partial charge in [0.15, 0.2) is 5.78 Å². The summed E-state index contributed by atoms with van der Waals surface area (Å²) < 4.78 is 26.5. The molecule has 8 atom stereocenters. The predicted molar refractivity (Wildman–Crippen MR) is 207 cm³/mol. The maximum atomic E-state index is 15.2. The highest BCUT2D eigenvalue weighted by atomic mass is 35.5. The third-order valence-corrected chi connectivity index (χ3v) is 15.2. The Kier molecular flexibility index (Phi) is 9.39. The van der Waals surface area contributed by atoms with E-state index in [4.69, 9.17) is 21.1 Å². The van der Waals surface area contributed by atoms with Gasteiger partial charge < -0.3 is 24.6 Å². The third-order valence-electron chi connectivity index (χ3n) is 14.8. The summed E-state index contributed by atoms with van der Waals surface area (Å²) in [6.07, 6.45) is 10.6. The average Bonchev–Trinajstić information content (AvgIpc) is 3.42. The van der Waals surface area contributed by atoms with Crippen LogP contribution in [0.1, 0.15) is 70.8 Å². The summed E-state index contributed by atoms with van der Waals surface area (Å²) >= 11 is 6.48. The van der Waals surface area contributed by atoms with Crippen LogP contribution in [0.5, 0.6) is 5.75 Å². The average molecular weight is 756 g/mol. The quantitative estimate of drug-likeness (QED) is 0.159. The van der Waals surface area contributed by atoms with Gasteiger partial charge in [-0.25, -0.2) is 9.18 Å². The third kappa shape index (κ3) is 5.61. The second-order valence-corrected chi connectivity index (χ2v) is 17.7. The second kappa shape index (κ2) is 13.6. The van der Waals surface area contributed by atoms with Crippen LogP contribution in [0.25, 0.3) is 10.8 Å². The molecule has 8 unspecified atom stereocenters. The zero-order valence-corrected chi connectivity index (χ0v) is 32.2. The standard InChI is InChI=1S/C45H51ClFNO6/c1-41-17-14-31(49)26-43(41)20-21-45(34(27-43)37(50)25-33-35(46)10-6-11-36(33)47)38(41)15-18-42(2)39(45)16-19-44(42,52)28-48(22-7-23-53-3)40(51)54-32-13-12-29-8-4-5-9-30(29)24-32/h4-6,8-13,20-21,24,27,31,38-39,49,52H,7,14-19,22-23,25-26,28H2,1-3H3. The summed E-state index contributed by atoms with van der Waals surface area (Å²) in [5.74, 6) is -0.289. The molecule has 0 aromatic heterocycles. The molecule has 3 aromatic carbocycles. The number of nitrogens with zero attached hydrogens (tertiary/aromatic N) is 1. The van der Waals surface area contributed by atoms with Crippen LogP contribution < -0.4 is 4.74 Å². The van der Waals surface area contributed by atoms with Crippen LogP contribution in [0.4, 0.5) is 9.18 Å². The van der Waals surface area contributed by atoms with Crippen molar-refractivity contribution in [3.05, 3.63) is 101 Å². The van der Waals surface area contributed by atoms with Gasteiger partial charge in [-0.05, 0) is 104 Å². The maximum Gasteiger partial charge on any atom is 0.415 e. The SMILES string of the molecule is COCCCN(CC1(O)CCC2C34C=CC5(C=C3C(=O)Cc3c(F)cccc3Cl)CC(O)CCC5(C)C4CCC21C)C(=O)Oc1ccc2ccccc2c1. The van der Waals surface area contributed by atoms with E-state index in [1.54, 1.807) is 30.2 Å². The Morgan fingerprint density at radius 1 is 0.944 bits per heavy atom. The first-order chi connectivity index (χ1) is 25.8. The zero-order valence-electron chi connectivity index (χ0n) is 31.5. The molecule has 54 heavy (non-hydrogen) atoms. The van der Waals surface area contributed by atoms with Gasteiger partial charge in [-0.2, -0.15) is 0 Å². The normalized spacial score (nSPS) is 34.9. The Morgan fingerprint density at radius 3 is 2.46 bits per heavy atom. The molecule has 9 rings (SSSR count).